The number of carbonyl (C=O) groups excluding carboxylic acids is 2. The van der Waals surface area contributed by atoms with Crippen LogP contribution in [0.3, 0.4) is 0 Å². The van der Waals surface area contributed by atoms with E-state index in [-0.39, 0.29) is 11.2 Å². The molecule has 0 radical (unpaired) electrons. The molecule has 21 heavy (non-hydrogen) atoms. The summed E-state index contributed by atoms with van der Waals surface area (Å²) in [6.07, 6.45) is 4.74. The molecule has 1 saturated heterocycles. The average Bonchev–Trinajstić information content (AvgIpc) is 2.47. The van der Waals surface area contributed by atoms with Crippen molar-refractivity contribution in [2.45, 2.75) is 50.5 Å². The van der Waals surface area contributed by atoms with Gasteiger partial charge >= 0.3 is 0 Å². The molecule has 3 aliphatic rings. The van der Waals surface area contributed by atoms with Crippen molar-refractivity contribution in [3.05, 3.63) is 34.9 Å². The lowest BCUT2D eigenvalue weighted by atomic mass is 9.52. The Hall–Kier alpha value is -1.48. The van der Waals surface area contributed by atoms with Crippen LogP contribution in [0, 0.1) is 5.92 Å². The van der Waals surface area contributed by atoms with E-state index in [1.807, 2.05) is 12.1 Å². The van der Waals surface area contributed by atoms with Gasteiger partial charge in [0.05, 0.1) is 5.41 Å². The Bertz CT molecular complexity index is 636. The quantitative estimate of drug-likeness (QED) is 0.805. The maximum absolute atomic E-state index is 12.9. The molecule has 4 rings (SSSR count). The molecule has 0 amide bonds. The molecule has 0 aromatic heterocycles. The summed E-state index contributed by atoms with van der Waals surface area (Å²) in [5, 5.41) is 3.62. The molecule has 1 N–H and O–H groups in total. The highest BCUT2D eigenvalue weighted by molar-refractivity contribution is 5.96. The highest BCUT2D eigenvalue weighted by atomic mass is 16.1. The van der Waals surface area contributed by atoms with E-state index >= 15 is 0 Å². The minimum Gasteiger partial charge on any atom is -0.313 e. The molecule has 0 spiro atoms. The number of ketones is 2. The number of carbonyl (C=O) groups is 2. The van der Waals surface area contributed by atoms with Crippen LogP contribution in [0.5, 0.6) is 0 Å². The number of rotatable bonds is 1. The molecule has 1 heterocycles. The smallest absolute Gasteiger partial charge is 0.159 e. The van der Waals surface area contributed by atoms with Gasteiger partial charge in [0, 0.05) is 18.0 Å². The van der Waals surface area contributed by atoms with Crippen LogP contribution in [-0.2, 0) is 16.6 Å². The predicted molar refractivity (Wildman–Crippen MR) is 80.6 cm³/mol. The first-order chi connectivity index (χ1) is 10.1. The van der Waals surface area contributed by atoms with Gasteiger partial charge in [-0.25, -0.2) is 0 Å². The van der Waals surface area contributed by atoms with E-state index in [4.69, 9.17) is 0 Å². The predicted octanol–water partition coefficient (Wildman–Crippen LogP) is 2.41. The maximum atomic E-state index is 12.9. The zero-order chi connectivity index (χ0) is 14.6. The van der Waals surface area contributed by atoms with Crippen LogP contribution in [0.15, 0.2) is 18.2 Å². The van der Waals surface area contributed by atoms with E-state index in [1.54, 1.807) is 6.92 Å². The Kier molecular flexibility index (Phi) is 2.83. The van der Waals surface area contributed by atoms with E-state index < -0.39 is 0 Å². The lowest BCUT2D eigenvalue weighted by molar-refractivity contribution is -0.132. The molecule has 3 atom stereocenters. The number of fused-ring (bicyclic) bond motifs is 1. The van der Waals surface area contributed by atoms with E-state index in [2.05, 4.69) is 11.4 Å². The van der Waals surface area contributed by atoms with Gasteiger partial charge in [0.15, 0.2) is 5.78 Å². The van der Waals surface area contributed by atoms with Gasteiger partial charge < -0.3 is 5.32 Å². The fourth-order valence-corrected chi connectivity index (χ4v) is 4.95. The number of hydrogen-bond acceptors (Lipinski definition) is 3. The highest BCUT2D eigenvalue weighted by Gasteiger charge is 2.56. The van der Waals surface area contributed by atoms with Crippen molar-refractivity contribution in [3.8, 4) is 0 Å². The third kappa shape index (κ3) is 1.70. The summed E-state index contributed by atoms with van der Waals surface area (Å²) in [6, 6.07) is 6.45. The van der Waals surface area contributed by atoms with Crippen LogP contribution < -0.4 is 5.32 Å². The van der Waals surface area contributed by atoms with Crippen LogP contribution in [0.1, 0.15) is 54.1 Å². The van der Waals surface area contributed by atoms with Gasteiger partial charge in [0.25, 0.3) is 0 Å². The molecule has 3 nitrogen and oxygen atoms in total. The van der Waals surface area contributed by atoms with Gasteiger partial charge in [0.2, 0.25) is 0 Å². The zero-order valence-corrected chi connectivity index (χ0v) is 12.4. The first kappa shape index (κ1) is 13.2. The van der Waals surface area contributed by atoms with Gasteiger partial charge in [-0.3, -0.25) is 9.59 Å². The number of piperidine rings is 1. The topological polar surface area (TPSA) is 46.2 Å². The molecular weight excluding hydrogens is 262 g/mol. The van der Waals surface area contributed by atoms with Gasteiger partial charge in [-0.05, 0) is 62.3 Å². The maximum Gasteiger partial charge on any atom is 0.159 e. The molecule has 1 saturated carbocycles. The van der Waals surface area contributed by atoms with Crippen LogP contribution >= 0.6 is 0 Å². The number of nitrogens with one attached hydrogen (secondary N) is 1. The Morgan fingerprint density at radius 2 is 2.24 bits per heavy atom. The minimum absolute atomic E-state index is 0.0880. The highest BCUT2D eigenvalue weighted by Crippen LogP contribution is 2.52. The summed E-state index contributed by atoms with van der Waals surface area (Å²) in [5.74, 6) is 0.916. The van der Waals surface area contributed by atoms with E-state index in [0.717, 1.165) is 37.8 Å². The van der Waals surface area contributed by atoms with Crippen LogP contribution in [0.4, 0.5) is 0 Å². The lowest BCUT2D eigenvalue weighted by Crippen LogP contribution is -2.62. The first-order valence-corrected chi connectivity index (χ1v) is 8.04. The molecule has 3 heteroatoms. The molecule has 1 aromatic rings. The summed E-state index contributed by atoms with van der Waals surface area (Å²) >= 11 is 0. The molecule has 1 aliphatic heterocycles. The van der Waals surface area contributed by atoms with Crippen molar-refractivity contribution in [3.63, 3.8) is 0 Å². The Morgan fingerprint density at radius 3 is 3.05 bits per heavy atom. The summed E-state index contributed by atoms with van der Waals surface area (Å²) in [7, 11) is 0. The number of benzene rings is 1. The van der Waals surface area contributed by atoms with Gasteiger partial charge in [-0.15, -0.1) is 0 Å². The third-order valence-corrected chi connectivity index (χ3v) is 5.90. The van der Waals surface area contributed by atoms with E-state index in [1.165, 1.54) is 11.1 Å². The van der Waals surface area contributed by atoms with Gasteiger partial charge in [-0.1, -0.05) is 12.1 Å². The van der Waals surface area contributed by atoms with Gasteiger partial charge in [0.1, 0.15) is 5.78 Å². The van der Waals surface area contributed by atoms with E-state index in [0.29, 0.717) is 24.2 Å². The Labute approximate surface area is 125 Å². The average molecular weight is 283 g/mol. The van der Waals surface area contributed by atoms with Crippen molar-refractivity contribution >= 4 is 11.6 Å². The SMILES string of the molecule is CC(=O)c1ccc2c(c1)[C@]13CCN[C@H](C2)[C@@H]1CCCC3=O. The normalized spacial score (nSPS) is 34.0. The molecule has 1 aromatic carbocycles. The molecule has 2 bridgehead atoms. The second kappa shape index (κ2) is 4.51. The molecule has 2 fully saturated rings. The standard InChI is InChI=1S/C18H21NO2/c1-11(20)12-5-6-13-10-16-14-3-2-4-17(21)18(14,7-8-19-16)15(13)9-12/h5-6,9,14,16,19H,2-4,7-8,10H2,1H3/t14-,16+,18-/m0/s1. The van der Waals surface area contributed by atoms with Crippen LogP contribution in [-0.4, -0.2) is 24.2 Å². The van der Waals surface area contributed by atoms with Crippen LogP contribution in [0.25, 0.3) is 0 Å². The molecule has 110 valence electrons. The molecule has 0 unspecified atom stereocenters. The second-order valence-corrected chi connectivity index (χ2v) is 6.84. The first-order valence-electron chi connectivity index (χ1n) is 8.04. The minimum atomic E-state index is -0.312. The van der Waals surface area contributed by atoms with Crippen molar-refractivity contribution in [1.82, 2.24) is 5.32 Å². The third-order valence-electron chi connectivity index (χ3n) is 5.90. The lowest BCUT2D eigenvalue weighted by Gasteiger charge is -2.54. The number of hydrogen-bond donors (Lipinski definition) is 1. The van der Waals surface area contributed by atoms with Crippen molar-refractivity contribution in [2.24, 2.45) is 5.92 Å². The fourth-order valence-electron chi connectivity index (χ4n) is 4.95. The summed E-state index contributed by atoms with van der Waals surface area (Å²) < 4.78 is 0. The zero-order valence-electron chi connectivity index (χ0n) is 12.4. The summed E-state index contributed by atoms with van der Waals surface area (Å²) in [4.78, 5) is 24.6. The Balaban J connectivity index is 1.94. The summed E-state index contributed by atoms with van der Waals surface area (Å²) in [6.45, 7) is 2.52. The van der Waals surface area contributed by atoms with Crippen molar-refractivity contribution < 1.29 is 9.59 Å². The molecule has 2 aliphatic carbocycles. The Morgan fingerprint density at radius 1 is 1.38 bits per heavy atom. The van der Waals surface area contributed by atoms with Crippen molar-refractivity contribution in [1.29, 1.82) is 0 Å². The van der Waals surface area contributed by atoms with Crippen LogP contribution in [0.2, 0.25) is 0 Å². The second-order valence-electron chi connectivity index (χ2n) is 6.84. The monoisotopic (exact) mass is 283 g/mol. The van der Waals surface area contributed by atoms with Crippen molar-refractivity contribution in [2.75, 3.05) is 6.54 Å². The van der Waals surface area contributed by atoms with E-state index in [9.17, 15) is 9.59 Å². The largest absolute Gasteiger partial charge is 0.313 e. The molecular formula is C18H21NO2. The number of Topliss-reactive ketones (excluding diaryl/α,β-unsaturated/α-hetero) is 2. The fraction of sp³-hybridized carbons (Fsp3) is 0.556. The summed E-state index contributed by atoms with van der Waals surface area (Å²) in [5.41, 5.74) is 2.87. The van der Waals surface area contributed by atoms with Gasteiger partial charge in [-0.2, -0.15) is 0 Å².